The van der Waals surface area contributed by atoms with Crippen LogP contribution in [0, 0.1) is 19.3 Å². The van der Waals surface area contributed by atoms with E-state index in [1.807, 2.05) is 50.4 Å². The van der Waals surface area contributed by atoms with Crippen LogP contribution in [0.5, 0.6) is 11.6 Å². The van der Waals surface area contributed by atoms with Crippen LogP contribution in [0.4, 0.5) is 0 Å². The Bertz CT molecular complexity index is 656. The third kappa shape index (κ3) is 2.93. The fourth-order valence-corrected chi connectivity index (χ4v) is 2.54. The first-order valence-corrected chi connectivity index (χ1v) is 7.39. The molecule has 2 rings (SSSR count). The number of nitrogens with zero attached hydrogens (tertiary/aromatic N) is 1. The molecular formula is C15H17N3OS. The summed E-state index contributed by atoms with van der Waals surface area (Å²) in [5, 5.41) is 7.70. The molecule has 0 bridgehead atoms. The summed E-state index contributed by atoms with van der Waals surface area (Å²) in [4.78, 5) is 5.39. The molecule has 0 spiro atoms. The fraction of sp³-hybridized carbons (Fsp3) is 0.200. The molecule has 1 heterocycles. The second kappa shape index (κ2) is 5.96. The van der Waals surface area contributed by atoms with Crippen LogP contribution in [0.25, 0.3) is 0 Å². The lowest BCUT2D eigenvalue weighted by Gasteiger charge is -2.14. The highest BCUT2D eigenvalue weighted by Crippen LogP contribution is 2.32. The van der Waals surface area contributed by atoms with E-state index >= 15 is 0 Å². The summed E-state index contributed by atoms with van der Waals surface area (Å²) in [6, 6.07) is 9.62. The van der Waals surface area contributed by atoms with Gasteiger partial charge in [0.15, 0.2) is 0 Å². The number of thioether (sulfide) groups is 1. The molecule has 0 aliphatic carbocycles. The van der Waals surface area contributed by atoms with E-state index in [1.165, 1.54) is 0 Å². The van der Waals surface area contributed by atoms with Crippen molar-refractivity contribution in [2.75, 3.05) is 6.26 Å². The Balaban J connectivity index is 2.50. The molecule has 0 fully saturated rings. The zero-order valence-corrected chi connectivity index (χ0v) is 12.5. The fourth-order valence-electron chi connectivity index (χ4n) is 2.01. The highest BCUT2D eigenvalue weighted by molar-refractivity contribution is 7.98. The number of pyridine rings is 1. The first-order valence-electron chi connectivity index (χ1n) is 6.16. The Labute approximate surface area is 122 Å². The lowest BCUT2D eigenvalue weighted by molar-refractivity contribution is 0.449. The summed E-state index contributed by atoms with van der Waals surface area (Å²) in [6.45, 7) is 3.79. The second-order valence-electron chi connectivity index (χ2n) is 4.43. The number of aryl methyl sites for hydroxylation is 2. The van der Waals surface area contributed by atoms with Crippen molar-refractivity contribution in [2.45, 2.75) is 18.7 Å². The van der Waals surface area contributed by atoms with Gasteiger partial charge < -0.3 is 10.5 Å². The standard InChI is InChI=1S/C15H17N3OS/c1-9-8-10(2)18-15(13(9)14(16)17)19-11-6-4-5-7-12(11)20-3/h4-8H,1-3H3,(H3,16,17). The molecule has 0 aliphatic rings. The maximum absolute atomic E-state index is 7.70. The van der Waals surface area contributed by atoms with Crippen LogP contribution < -0.4 is 10.5 Å². The van der Waals surface area contributed by atoms with Crippen molar-refractivity contribution in [2.24, 2.45) is 5.73 Å². The van der Waals surface area contributed by atoms with E-state index in [0.717, 1.165) is 21.9 Å². The molecule has 3 N–H and O–H groups in total. The molecule has 0 amide bonds. The first kappa shape index (κ1) is 14.4. The topological polar surface area (TPSA) is 72.0 Å². The maximum Gasteiger partial charge on any atom is 0.230 e. The van der Waals surface area contributed by atoms with Gasteiger partial charge in [0.05, 0.1) is 5.56 Å². The van der Waals surface area contributed by atoms with E-state index in [2.05, 4.69) is 4.98 Å². The number of aromatic nitrogens is 1. The van der Waals surface area contributed by atoms with Crippen molar-refractivity contribution in [3.05, 3.63) is 47.2 Å². The van der Waals surface area contributed by atoms with E-state index < -0.39 is 0 Å². The van der Waals surface area contributed by atoms with Crippen LogP contribution in [0.1, 0.15) is 16.8 Å². The third-order valence-corrected chi connectivity index (χ3v) is 3.63. The third-order valence-electron chi connectivity index (χ3n) is 2.86. The molecule has 1 aromatic carbocycles. The molecule has 0 aliphatic heterocycles. The summed E-state index contributed by atoms with van der Waals surface area (Å²) in [5.74, 6) is 1.07. The van der Waals surface area contributed by atoms with Gasteiger partial charge in [0.1, 0.15) is 11.6 Å². The molecule has 0 radical (unpaired) electrons. The molecule has 1 aromatic heterocycles. The van der Waals surface area contributed by atoms with Gasteiger partial charge >= 0.3 is 0 Å². The second-order valence-corrected chi connectivity index (χ2v) is 5.28. The minimum absolute atomic E-state index is 0.0355. The normalized spacial score (nSPS) is 10.3. The number of nitrogens with one attached hydrogen (secondary N) is 1. The number of hydrogen-bond acceptors (Lipinski definition) is 4. The summed E-state index contributed by atoms with van der Waals surface area (Å²) in [5.41, 5.74) is 7.92. The zero-order valence-electron chi connectivity index (χ0n) is 11.7. The molecular weight excluding hydrogens is 270 g/mol. The number of amidine groups is 1. The molecule has 0 atom stereocenters. The smallest absolute Gasteiger partial charge is 0.230 e. The number of para-hydroxylation sites is 1. The highest BCUT2D eigenvalue weighted by atomic mass is 32.2. The Morgan fingerprint density at radius 2 is 2.00 bits per heavy atom. The largest absolute Gasteiger partial charge is 0.437 e. The molecule has 0 unspecified atom stereocenters. The molecule has 4 nitrogen and oxygen atoms in total. The van der Waals surface area contributed by atoms with Gasteiger partial charge in [0, 0.05) is 10.6 Å². The predicted molar refractivity (Wildman–Crippen MR) is 83.0 cm³/mol. The summed E-state index contributed by atoms with van der Waals surface area (Å²) in [7, 11) is 0. The molecule has 20 heavy (non-hydrogen) atoms. The van der Waals surface area contributed by atoms with Crippen molar-refractivity contribution in [1.29, 1.82) is 5.41 Å². The Morgan fingerprint density at radius 1 is 1.30 bits per heavy atom. The molecule has 2 aromatic rings. The lowest BCUT2D eigenvalue weighted by atomic mass is 10.1. The van der Waals surface area contributed by atoms with Gasteiger partial charge in [-0.1, -0.05) is 12.1 Å². The van der Waals surface area contributed by atoms with Gasteiger partial charge in [-0.25, -0.2) is 4.98 Å². The van der Waals surface area contributed by atoms with Crippen molar-refractivity contribution < 1.29 is 4.74 Å². The lowest BCUT2D eigenvalue weighted by Crippen LogP contribution is -2.15. The van der Waals surface area contributed by atoms with E-state index in [0.29, 0.717) is 11.4 Å². The van der Waals surface area contributed by atoms with Crippen LogP contribution in [0.15, 0.2) is 35.2 Å². The molecule has 5 heteroatoms. The Kier molecular flexibility index (Phi) is 4.29. The van der Waals surface area contributed by atoms with Crippen molar-refractivity contribution >= 4 is 17.6 Å². The number of nitrogen functional groups attached to an aromatic ring is 1. The predicted octanol–water partition coefficient (Wildman–Crippen LogP) is 3.50. The summed E-state index contributed by atoms with van der Waals surface area (Å²) < 4.78 is 5.90. The molecule has 0 saturated carbocycles. The van der Waals surface area contributed by atoms with Crippen molar-refractivity contribution in [3.8, 4) is 11.6 Å². The maximum atomic E-state index is 7.70. The first-order chi connectivity index (χ1) is 9.52. The zero-order chi connectivity index (χ0) is 14.7. The Hall–Kier alpha value is -2.01. The summed E-state index contributed by atoms with van der Waals surface area (Å²) >= 11 is 1.60. The van der Waals surface area contributed by atoms with Crippen LogP contribution in [-0.2, 0) is 0 Å². The van der Waals surface area contributed by atoms with E-state index in [-0.39, 0.29) is 5.84 Å². The Morgan fingerprint density at radius 3 is 2.65 bits per heavy atom. The summed E-state index contributed by atoms with van der Waals surface area (Å²) in [6.07, 6.45) is 1.99. The van der Waals surface area contributed by atoms with Crippen LogP contribution in [0.3, 0.4) is 0 Å². The highest BCUT2D eigenvalue weighted by Gasteiger charge is 2.15. The average molecular weight is 287 g/mol. The van der Waals surface area contributed by atoms with E-state index in [4.69, 9.17) is 15.9 Å². The quantitative estimate of drug-likeness (QED) is 0.513. The van der Waals surface area contributed by atoms with Crippen molar-refractivity contribution in [1.82, 2.24) is 4.98 Å². The van der Waals surface area contributed by atoms with Crippen molar-refractivity contribution in [3.63, 3.8) is 0 Å². The van der Waals surface area contributed by atoms with E-state index in [9.17, 15) is 0 Å². The minimum atomic E-state index is -0.0355. The van der Waals surface area contributed by atoms with Gasteiger partial charge in [0.25, 0.3) is 0 Å². The van der Waals surface area contributed by atoms with Gasteiger partial charge in [-0.05, 0) is 43.9 Å². The number of ether oxygens (including phenoxy) is 1. The number of rotatable bonds is 4. The van der Waals surface area contributed by atoms with Gasteiger partial charge in [-0.3, -0.25) is 5.41 Å². The molecule has 0 saturated heterocycles. The van der Waals surface area contributed by atoms with Gasteiger partial charge in [0.2, 0.25) is 5.88 Å². The van der Waals surface area contributed by atoms with Gasteiger partial charge in [-0.15, -0.1) is 11.8 Å². The minimum Gasteiger partial charge on any atom is -0.437 e. The van der Waals surface area contributed by atoms with Gasteiger partial charge in [-0.2, -0.15) is 0 Å². The van der Waals surface area contributed by atoms with Crippen LogP contribution in [-0.4, -0.2) is 17.1 Å². The average Bonchev–Trinajstić information content (AvgIpc) is 2.38. The van der Waals surface area contributed by atoms with Crippen LogP contribution >= 0.6 is 11.8 Å². The monoisotopic (exact) mass is 287 g/mol. The SMILES string of the molecule is CSc1ccccc1Oc1nc(C)cc(C)c1C(=N)N. The van der Waals surface area contributed by atoms with Crippen LogP contribution in [0.2, 0.25) is 0 Å². The number of hydrogen-bond donors (Lipinski definition) is 2. The van der Waals surface area contributed by atoms with E-state index in [1.54, 1.807) is 11.8 Å². The number of benzene rings is 1. The molecule has 104 valence electrons. The number of nitrogens with two attached hydrogens (primary N) is 1.